The van der Waals surface area contributed by atoms with Gasteiger partial charge in [-0.3, -0.25) is 9.59 Å². The lowest BCUT2D eigenvalue weighted by Crippen LogP contribution is -2.61. The smallest absolute Gasteiger partial charge is 0.306 e. The summed E-state index contributed by atoms with van der Waals surface area (Å²) in [4.78, 5) is 26.6. The number of rotatable bonds is 55. The van der Waals surface area contributed by atoms with E-state index in [1.54, 1.807) is 6.08 Å². The molecule has 0 aromatic heterocycles. The van der Waals surface area contributed by atoms with Gasteiger partial charge in [0.1, 0.15) is 24.4 Å². The summed E-state index contributed by atoms with van der Waals surface area (Å²) in [6.07, 6.45) is 63.3. The molecule has 1 amide bonds. The van der Waals surface area contributed by atoms with Crippen molar-refractivity contribution in [3.8, 4) is 0 Å². The first-order valence-corrected chi connectivity index (χ1v) is 32.9. The van der Waals surface area contributed by atoms with E-state index in [1.165, 1.54) is 116 Å². The molecule has 0 radical (unpaired) electrons. The molecule has 0 bridgehead atoms. The first-order chi connectivity index (χ1) is 39.2. The van der Waals surface area contributed by atoms with E-state index in [1.807, 2.05) is 6.08 Å². The van der Waals surface area contributed by atoms with E-state index in [-0.39, 0.29) is 13.0 Å². The van der Waals surface area contributed by atoms with Crippen molar-refractivity contribution in [3.63, 3.8) is 0 Å². The molecule has 1 rings (SSSR count). The summed E-state index contributed by atoms with van der Waals surface area (Å²) >= 11 is 0. The molecule has 462 valence electrons. The van der Waals surface area contributed by atoms with Crippen LogP contribution in [0.5, 0.6) is 0 Å². The van der Waals surface area contributed by atoms with Crippen molar-refractivity contribution in [1.82, 2.24) is 5.32 Å². The van der Waals surface area contributed by atoms with Crippen LogP contribution in [-0.4, -0.2) is 99.6 Å². The first-order valence-electron chi connectivity index (χ1n) is 32.9. The van der Waals surface area contributed by atoms with Crippen LogP contribution in [0.1, 0.15) is 278 Å². The van der Waals surface area contributed by atoms with Crippen molar-refractivity contribution < 1.29 is 49.3 Å². The van der Waals surface area contributed by atoms with Crippen molar-refractivity contribution in [2.75, 3.05) is 13.2 Å². The van der Waals surface area contributed by atoms with E-state index in [9.17, 15) is 35.1 Å². The molecule has 1 aliphatic heterocycles. The van der Waals surface area contributed by atoms with Crippen molar-refractivity contribution in [1.29, 1.82) is 0 Å². The fraction of sp³-hybridized carbons (Fsp3) is 0.768. The number of amides is 1. The van der Waals surface area contributed by atoms with E-state index >= 15 is 0 Å². The van der Waals surface area contributed by atoms with Crippen LogP contribution >= 0.6 is 0 Å². The number of aliphatic hydroxyl groups is 5. The van der Waals surface area contributed by atoms with Crippen LogP contribution in [0.2, 0.25) is 0 Å². The van der Waals surface area contributed by atoms with E-state index in [0.29, 0.717) is 19.3 Å². The van der Waals surface area contributed by atoms with Gasteiger partial charge in [-0.2, -0.15) is 0 Å². The Morgan fingerprint density at radius 1 is 0.500 bits per heavy atom. The molecule has 1 aliphatic rings. The minimum Gasteiger partial charge on any atom is -0.454 e. The summed E-state index contributed by atoms with van der Waals surface area (Å²) in [5.41, 5.74) is 0. The third-order valence-corrected chi connectivity index (χ3v) is 15.1. The van der Waals surface area contributed by atoms with Crippen LogP contribution < -0.4 is 5.32 Å². The van der Waals surface area contributed by atoms with E-state index < -0.39 is 67.4 Å². The van der Waals surface area contributed by atoms with Crippen molar-refractivity contribution >= 4 is 11.9 Å². The third-order valence-electron chi connectivity index (χ3n) is 15.1. The maximum atomic E-state index is 13.4. The lowest BCUT2D eigenvalue weighted by molar-refractivity contribution is -0.305. The molecule has 1 saturated heterocycles. The lowest BCUT2D eigenvalue weighted by atomic mass is 9.99. The average molecular weight is 1120 g/mol. The molecule has 0 aliphatic carbocycles. The van der Waals surface area contributed by atoms with Gasteiger partial charge in [0.15, 0.2) is 12.4 Å². The summed E-state index contributed by atoms with van der Waals surface area (Å²) < 4.78 is 17.6. The Hall–Kier alpha value is -3.16. The number of allylic oxidation sites excluding steroid dienone is 13. The molecule has 80 heavy (non-hydrogen) atoms. The predicted molar refractivity (Wildman–Crippen MR) is 333 cm³/mol. The lowest BCUT2D eigenvalue weighted by Gasteiger charge is -2.41. The minimum atomic E-state index is -1.62. The Morgan fingerprint density at radius 2 is 0.900 bits per heavy atom. The molecule has 1 heterocycles. The molecule has 8 atom stereocenters. The van der Waals surface area contributed by atoms with Crippen molar-refractivity contribution in [3.05, 3.63) is 85.1 Å². The highest BCUT2D eigenvalue weighted by atomic mass is 16.7. The van der Waals surface area contributed by atoms with E-state index in [4.69, 9.17) is 14.2 Å². The number of hydrogen-bond acceptors (Lipinski definition) is 10. The Balaban J connectivity index is 2.63. The Morgan fingerprint density at radius 3 is 1.35 bits per heavy atom. The Labute approximate surface area is 489 Å². The molecule has 8 unspecified atom stereocenters. The average Bonchev–Trinajstić information content (AvgIpc) is 3.45. The second-order valence-corrected chi connectivity index (χ2v) is 22.5. The molecule has 1 fully saturated rings. The normalized spacial score (nSPS) is 19.3. The number of carbonyl (C=O) groups is 2. The topological polar surface area (TPSA) is 175 Å². The van der Waals surface area contributed by atoms with Crippen LogP contribution in [0.15, 0.2) is 85.1 Å². The zero-order valence-electron chi connectivity index (χ0n) is 51.2. The number of aliphatic hydroxyl groups excluding tert-OH is 5. The summed E-state index contributed by atoms with van der Waals surface area (Å²) in [5, 5.41) is 57.1. The molecular formula is C69H121NO10. The monoisotopic (exact) mass is 1120 g/mol. The summed E-state index contributed by atoms with van der Waals surface area (Å²) in [7, 11) is 0. The van der Waals surface area contributed by atoms with Crippen molar-refractivity contribution in [2.45, 2.75) is 327 Å². The zero-order chi connectivity index (χ0) is 58.2. The second kappa shape index (κ2) is 56.3. The number of unbranched alkanes of at least 4 members (excludes halogenated alkanes) is 29. The number of nitrogens with one attached hydrogen (secondary N) is 1. The van der Waals surface area contributed by atoms with Gasteiger partial charge in [0.2, 0.25) is 5.91 Å². The van der Waals surface area contributed by atoms with Crippen LogP contribution in [-0.2, 0) is 23.8 Å². The Bertz CT molecular complexity index is 1620. The first kappa shape index (κ1) is 74.9. The quantitative estimate of drug-likeness (QED) is 0.0195. The van der Waals surface area contributed by atoms with Gasteiger partial charge in [-0.15, -0.1) is 0 Å². The van der Waals surface area contributed by atoms with E-state index in [2.05, 4.69) is 99.0 Å². The van der Waals surface area contributed by atoms with E-state index in [0.717, 1.165) is 116 Å². The standard InChI is InChI=1S/C69H121NO10/c1-4-7-10-13-16-19-22-25-26-27-28-29-30-31-32-33-34-35-36-39-42-45-48-51-54-57-64(74)80-67-66(76)65(75)63(58-71)79-69(67)78-59-60(61(72)55-52-49-46-43-40-37-23-20-17-14-11-8-5-2)70-68(77)62(73)56-53-50-47-44-41-38-24-21-18-15-12-9-6-3/h7,10,16,19,25-26,28-29,31-32,34-35,52,55,60-63,65-67,69,71-73,75-76H,4-6,8-9,11-15,17-18,20-24,27,30,33,36-51,53-54,56-59H2,1-3H3,(H,70,77)/b10-7-,19-16-,26-25-,29-28-,32-31-,35-34-,55-52+. The minimum absolute atomic E-state index is 0.104. The zero-order valence-corrected chi connectivity index (χ0v) is 51.2. The van der Waals surface area contributed by atoms with Gasteiger partial charge in [0.25, 0.3) is 0 Å². The van der Waals surface area contributed by atoms with Crippen LogP contribution in [0, 0.1) is 0 Å². The van der Waals surface area contributed by atoms with Gasteiger partial charge in [-0.25, -0.2) is 0 Å². The highest BCUT2D eigenvalue weighted by molar-refractivity contribution is 5.80. The molecule has 0 aromatic rings. The maximum absolute atomic E-state index is 13.4. The third kappa shape index (κ3) is 43.5. The largest absolute Gasteiger partial charge is 0.454 e. The van der Waals surface area contributed by atoms with Crippen LogP contribution in [0.3, 0.4) is 0 Å². The predicted octanol–water partition coefficient (Wildman–Crippen LogP) is 16.1. The van der Waals surface area contributed by atoms with Gasteiger partial charge in [-0.05, 0) is 77.0 Å². The van der Waals surface area contributed by atoms with Gasteiger partial charge in [0, 0.05) is 6.42 Å². The maximum Gasteiger partial charge on any atom is 0.306 e. The second-order valence-electron chi connectivity index (χ2n) is 22.5. The van der Waals surface area contributed by atoms with Crippen LogP contribution in [0.25, 0.3) is 0 Å². The van der Waals surface area contributed by atoms with Crippen LogP contribution in [0.4, 0.5) is 0 Å². The molecule has 0 aromatic carbocycles. The number of ether oxygens (including phenoxy) is 3. The molecule has 11 nitrogen and oxygen atoms in total. The summed E-state index contributed by atoms with van der Waals surface area (Å²) in [6.45, 7) is 5.68. The molecule has 6 N–H and O–H groups in total. The molecule has 0 spiro atoms. The molecule has 11 heteroatoms. The SMILES string of the molecule is CC/C=C\C/C=C\C/C=C\C/C=C\C/C=C\C/C=C\CCCCCCCCC(=O)OC1C(OCC(NC(=O)C(O)CCCCCCCCCCCCCCC)C(O)/C=C/CCCCCCCCCCCCC)OC(CO)C(O)C1O. The Kier molecular flexibility index (Phi) is 52.7. The van der Waals surface area contributed by atoms with Gasteiger partial charge >= 0.3 is 5.97 Å². The van der Waals surface area contributed by atoms with Gasteiger partial charge in [-0.1, -0.05) is 279 Å². The van der Waals surface area contributed by atoms with Crippen molar-refractivity contribution in [2.24, 2.45) is 0 Å². The number of esters is 1. The highest BCUT2D eigenvalue weighted by Crippen LogP contribution is 2.26. The molecular weight excluding hydrogens is 1000 g/mol. The van der Waals surface area contributed by atoms with Gasteiger partial charge in [0.05, 0.1) is 25.4 Å². The fourth-order valence-electron chi connectivity index (χ4n) is 9.89. The van der Waals surface area contributed by atoms with Gasteiger partial charge < -0.3 is 45.1 Å². The number of hydrogen-bond donors (Lipinski definition) is 6. The summed E-state index contributed by atoms with van der Waals surface area (Å²) in [6, 6.07) is -1.03. The highest BCUT2D eigenvalue weighted by Gasteiger charge is 2.47. The number of carbonyl (C=O) groups excluding carboxylic acids is 2. The fourth-order valence-corrected chi connectivity index (χ4v) is 9.89. The summed E-state index contributed by atoms with van der Waals surface area (Å²) in [5.74, 6) is -1.21. The molecule has 0 saturated carbocycles.